The molecule has 5 nitrogen and oxygen atoms in total. The molecule has 1 N–H and O–H groups in total. The Labute approximate surface area is 102 Å². The van der Waals surface area contributed by atoms with E-state index in [2.05, 4.69) is 31.0 Å². The first-order valence-electron chi connectivity index (χ1n) is 6.28. The highest BCUT2D eigenvalue weighted by Gasteiger charge is 2.40. The van der Waals surface area contributed by atoms with Crippen molar-refractivity contribution in [2.45, 2.75) is 59.0 Å². The first-order chi connectivity index (χ1) is 8.10. The average Bonchev–Trinajstić information content (AvgIpc) is 2.81. The molecule has 1 aromatic rings. The maximum Gasteiger partial charge on any atom is 0.158 e. The van der Waals surface area contributed by atoms with Gasteiger partial charge in [-0.05, 0) is 26.7 Å². The van der Waals surface area contributed by atoms with Gasteiger partial charge in [0.15, 0.2) is 5.82 Å². The fourth-order valence-corrected chi connectivity index (χ4v) is 2.77. The number of aliphatic hydroxyl groups excluding tert-OH is 1. The summed E-state index contributed by atoms with van der Waals surface area (Å²) < 4.78 is 7.84. The van der Waals surface area contributed by atoms with Gasteiger partial charge in [0.1, 0.15) is 12.4 Å². The molecule has 1 aromatic heterocycles. The zero-order valence-corrected chi connectivity index (χ0v) is 10.9. The lowest BCUT2D eigenvalue weighted by molar-refractivity contribution is 0.0551. The summed E-state index contributed by atoms with van der Waals surface area (Å²) >= 11 is 0. The fraction of sp³-hybridized carbons (Fsp3) is 0.833. The van der Waals surface area contributed by atoms with Gasteiger partial charge in [-0.15, -0.1) is 10.2 Å². The summed E-state index contributed by atoms with van der Waals surface area (Å²) in [4.78, 5) is 0. The lowest BCUT2D eigenvalue weighted by Gasteiger charge is -2.18. The summed E-state index contributed by atoms with van der Waals surface area (Å²) in [6, 6.07) is 0. The molecule has 0 saturated carbocycles. The summed E-state index contributed by atoms with van der Waals surface area (Å²) in [5, 5.41) is 17.5. The van der Waals surface area contributed by atoms with Crippen LogP contribution in [0.2, 0.25) is 0 Å². The maximum atomic E-state index is 9.23. The third-order valence-electron chi connectivity index (χ3n) is 3.85. The molecule has 1 aliphatic rings. The van der Waals surface area contributed by atoms with E-state index >= 15 is 0 Å². The predicted octanol–water partition coefficient (Wildman–Crippen LogP) is 1.32. The van der Waals surface area contributed by atoms with Crippen molar-refractivity contribution in [1.29, 1.82) is 0 Å². The van der Waals surface area contributed by atoms with E-state index in [1.807, 2.05) is 11.5 Å². The van der Waals surface area contributed by atoms with Gasteiger partial charge < -0.3 is 14.4 Å². The van der Waals surface area contributed by atoms with E-state index in [0.717, 1.165) is 12.4 Å². The zero-order chi connectivity index (χ0) is 12.6. The molecule has 4 atom stereocenters. The quantitative estimate of drug-likeness (QED) is 0.864. The zero-order valence-electron chi connectivity index (χ0n) is 10.9. The van der Waals surface area contributed by atoms with Gasteiger partial charge in [0, 0.05) is 6.54 Å². The topological polar surface area (TPSA) is 60.2 Å². The molecule has 1 fully saturated rings. The Morgan fingerprint density at radius 3 is 2.41 bits per heavy atom. The van der Waals surface area contributed by atoms with Crippen molar-refractivity contribution in [1.82, 2.24) is 14.8 Å². The van der Waals surface area contributed by atoms with Gasteiger partial charge >= 0.3 is 0 Å². The van der Waals surface area contributed by atoms with Crippen LogP contribution in [0.5, 0.6) is 0 Å². The second-order valence-electron chi connectivity index (χ2n) is 4.81. The largest absolute Gasteiger partial charge is 0.388 e. The Morgan fingerprint density at radius 2 is 1.94 bits per heavy atom. The fourth-order valence-electron chi connectivity index (χ4n) is 2.77. The molecule has 5 heteroatoms. The standard InChI is InChI=1S/C12H21N3O2/c1-5-15-10(6-16)13-14-12(15)11-7(2)8(3)17-9(11)4/h7-9,11,16H,5-6H2,1-4H3. The van der Waals surface area contributed by atoms with Crippen LogP contribution < -0.4 is 0 Å². The number of nitrogens with zero attached hydrogens (tertiary/aromatic N) is 3. The normalized spacial score (nSPS) is 33.2. The Kier molecular flexibility index (Phi) is 3.49. The Hall–Kier alpha value is -0.940. The van der Waals surface area contributed by atoms with Gasteiger partial charge in [-0.2, -0.15) is 0 Å². The van der Waals surface area contributed by atoms with E-state index in [0.29, 0.717) is 11.7 Å². The smallest absolute Gasteiger partial charge is 0.158 e. The molecular formula is C12H21N3O2. The molecule has 0 radical (unpaired) electrons. The highest BCUT2D eigenvalue weighted by molar-refractivity contribution is 5.09. The van der Waals surface area contributed by atoms with Crippen LogP contribution in [-0.2, 0) is 17.9 Å². The van der Waals surface area contributed by atoms with E-state index in [1.165, 1.54) is 0 Å². The number of hydrogen-bond acceptors (Lipinski definition) is 4. The third-order valence-corrected chi connectivity index (χ3v) is 3.85. The van der Waals surface area contributed by atoms with Crippen LogP contribution >= 0.6 is 0 Å². The first kappa shape index (κ1) is 12.5. The maximum absolute atomic E-state index is 9.23. The number of hydrogen-bond donors (Lipinski definition) is 1. The highest BCUT2D eigenvalue weighted by atomic mass is 16.5. The van der Waals surface area contributed by atoms with E-state index in [4.69, 9.17) is 4.74 Å². The van der Waals surface area contributed by atoms with Crippen LogP contribution in [0, 0.1) is 5.92 Å². The molecule has 17 heavy (non-hydrogen) atoms. The Morgan fingerprint density at radius 1 is 1.24 bits per heavy atom. The lowest BCUT2D eigenvalue weighted by atomic mass is 9.89. The molecule has 1 saturated heterocycles. The monoisotopic (exact) mass is 239 g/mol. The van der Waals surface area contributed by atoms with Gasteiger partial charge in [-0.25, -0.2) is 0 Å². The van der Waals surface area contributed by atoms with Crippen LogP contribution in [0.4, 0.5) is 0 Å². The molecule has 0 spiro atoms. The molecular weight excluding hydrogens is 218 g/mol. The van der Waals surface area contributed by atoms with Gasteiger partial charge in [0.25, 0.3) is 0 Å². The molecule has 1 aliphatic heterocycles. The second kappa shape index (κ2) is 4.74. The molecule has 2 rings (SSSR count). The van der Waals surface area contributed by atoms with Gasteiger partial charge in [0.05, 0.1) is 18.1 Å². The van der Waals surface area contributed by atoms with Crippen molar-refractivity contribution >= 4 is 0 Å². The molecule has 2 heterocycles. The van der Waals surface area contributed by atoms with Crippen LogP contribution in [0.3, 0.4) is 0 Å². The van der Waals surface area contributed by atoms with E-state index in [1.54, 1.807) is 0 Å². The molecule has 0 aliphatic carbocycles. The molecule has 0 bridgehead atoms. The van der Waals surface area contributed by atoms with Crippen molar-refractivity contribution in [3.63, 3.8) is 0 Å². The van der Waals surface area contributed by atoms with E-state index < -0.39 is 0 Å². The molecule has 96 valence electrons. The summed E-state index contributed by atoms with van der Waals surface area (Å²) in [6.45, 7) is 9.13. The molecule has 0 amide bonds. The summed E-state index contributed by atoms with van der Waals surface area (Å²) in [5.41, 5.74) is 0. The molecule has 4 unspecified atom stereocenters. The van der Waals surface area contributed by atoms with Gasteiger partial charge in [-0.1, -0.05) is 6.92 Å². The van der Waals surface area contributed by atoms with Gasteiger partial charge in [0.2, 0.25) is 0 Å². The Bertz CT molecular complexity index is 391. The minimum Gasteiger partial charge on any atom is -0.388 e. The second-order valence-corrected chi connectivity index (χ2v) is 4.81. The molecule has 0 aromatic carbocycles. The SMILES string of the molecule is CCn1c(CO)nnc1C1C(C)OC(C)C1C. The van der Waals surface area contributed by atoms with E-state index in [9.17, 15) is 5.11 Å². The van der Waals surface area contributed by atoms with Crippen LogP contribution in [-0.4, -0.2) is 32.1 Å². The van der Waals surface area contributed by atoms with Crippen molar-refractivity contribution in [2.75, 3.05) is 0 Å². The first-order valence-corrected chi connectivity index (χ1v) is 6.28. The van der Waals surface area contributed by atoms with E-state index in [-0.39, 0.29) is 24.7 Å². The minimum atomic E-state index is -0.0628. The lowest BCUT2D eigenvalue weighted by Crippen LogP contribution is -2.20. The summed E-state index contributed by atoms with van der Waals surface area (Å²) in [7, 11) is 0. The highest BCUT2D eigenvalue weighted by Crippen LogP contribution is 2.39. The third kappa shape index (κ3) is 1.98. The van der Waals surface area contributed by atoms with Crippen molar-refractivity contribution < 1.29 is 9.84 Å². The number of aliphatic hydroxyl groups is 1. The minimum absolute atomic E-state index is 0.0628. The average molecular weight is 239 g/mol. The number of rotatable bonds is 3. The van der Waals surface area contributed by atoms with Crippen molar-refractivity contribution in [2.24, 2.45) is 5.92 Å². The van der Waals surface area contributed by atoms with Crippen LogP contribution in [0.1, 0.15) is 45.3 Å². The van der Waals surface area contributed by atoms with Crippen molar-refractivity contribution in [3.05, 3.63) is 11.6 Å². The predicted molar refractivity (Wildman–Crippen MR) is 63.5 cm³/mol. The van der Waals surface area contributed by atoms with Crippen LogP contribution in [0.25, 0.3) is 0 Å². The van der Waals surface area contributed by atoms with Crippen LogP contribution in [0.15, 0.2) is 0 Å². The number of aromatic nitrogens is 3. The summed E-state index contributed by atoms with van der Waals surface area (Å²) in [6.07, 6.45) is 0.399. The Balaban J connectivity index is 2.36. The summed E-state index contributed by atoms with van der Waals surface area (Å²) in [5.74, 6) is 2.27. The number of ether oxygens (including phenoxy) is 1. The van der Waals surface area contributed by atoms with Gasteiger partial charge in [-0.3, -0.25) is 0 Å². The van der Waals surface area contributed by atoms with Crippen molar-refractivity contribution in [3.8, 4) is 0 Å².